The number of allylic oxidation sites excluding steroid dienone is 1. The van der Waals surface area contributed by atoms with Gasteiger partial charge in [-0.3, -0.25) is 0 Å². The lowest BCUT2D eigenvalue weighted by Gasteiger charge is -2.29. The number of fused-ring (bicyclic) bond motifs is 1. The molecule has 1 N–H and O–H groups in total. The minimum atomic E-state index is -0.557. The van der Waals surface area contributed by atoms with Crippen molar-refractivity contribution in [2.45, 2.75) is 45.5 Å². The van der Waals surface area contributed by atoms with Crippen molar-refractivity contribution < 1.29 is 14.3 Å². The molecule has 7 nitrogen and oxygen atoms in total. The second-order valence-electron chi connectivity index (χ2n) is 7.78. The second-order valence-corrected chi connectivity index (χ2v) is 9.93. The Balaban J connectivity index is 1.82. The van der Waals surface area contributed by atoms with Crippen LogP contribution in [0.15, 0.2) is 63.4 Å². The molecule has 0 radical (unpaired) electrons. The maximum Gasteiger partial charge on any atom is 0.338 e. The molecule has 1 atom stereocenters. The quantitative estimate of drug-likeness (QED) is 0.280. The van der Waals surface area contributed by atoms with Gasteiger partial charge in [0.25, 0.3) is 0 Å². The molecule has 1 aliphatic heterocycles. The van der Waals surface area contributed by atoms with Crippen molar-refractivity contribution >= 4 is 39.6 Å². The van der Waals surface area contributed by atoms with E-state index in [1.54, 1.807) is 23.4 Å². The average molecular weight is 543 g/mol. The lowest BCUT2D eigenvalue weighted by atomic mass is 9.95. The van der Waals surface area contributed by atoms with Crippen LogP contribution in [0.3, 0.4) is 0 Å². The van der Waals surface area contributed by atoms with Gasteiger partial charge >= 0.3 is 5.97 Å². The van der Waals surface area contributed by atoms with Gasteiger partial charge in [-0.05, 0) is 55.9 Å². The van der Waals surface area contributed by atoms with E-state index in [1.165, 1.54) is 0 Å². The summed E-state index contributed by atoms with van der Waals surface area (Å²) in [4.78, 5) is 17.7. The minimum Gasteiger partial charge on any atom is -0.489 e. The summed E-state index contributed by atoms with van der Waals surface area (Å²) in [5.41, 5.74) is 4.21. The van der Waals surface area contributed by atoms with E-state index >= 15 is 0 Å². The molecule has 0 saturated heterocycles. The third-order valence-corrected chi connectivity index (χ3v) is 6.73. The van der Waals surface area contributed by atoms with Crippen LogP contribution >= 0.6 is 27.7 Å². The number of rotatable bonds is 8. The van der Waals surface area contributed by atoms with Gasteiger partial charge in [-0.1, -0.05) is 58.9 Å². The van der Waals surface area contributed by atoms with E-state index in [-0.39, 0.29) is 6.61 Å². The van der Waals surface area contributed by atoms with Crippen LogP contribution < -0.4 is 10.1 Å². The molecule has 1 unspecified atom stereocenters. The van der Waals surface area contributed by atoms with Crippen LogP contribution in [-0.4, -0.2) is 33.1 Å². The normalized spacial score (nSPS) is 15.0. The molecule has 178 valence electrons. The summed E-state index contributed by atoms with van der Waals surface area (Å²) in [6.45, 7) is 8.45. The van der Waals surface area contributed by atoms with Gasteiger partial charge in [0.1, 0.15) is 18.4 Å². The molecule has 2 aromatic carbocycles. The highest BCUT2D eigenvalue weighted by molar-refractivity contribution is 9.10. The molecular formula is C25H27BrN4O3S. The number of aromatic nitrogens is 3. The van der Waals surface area contributed by atoms with E-state index in [2.05, 4.69) is 52.2 Å². The minimum absolute atomic E-state index is 0.276. The third kappa shape index (κ3) is 5.00. The van der Waals surface area contributed by atoms with Gasteiger partial charge < -0.3 is 14.8 Å². The Morgan fingerprint density at radius 3 is 2.74 bits per heavy atom. The third-order valence-electron chi connectivity index (χ3n) is 5.51. The smallest absolute Gasteiger partial charge is 0.338 e. The van der Waals surface area contributed by atoms with Crippen molar-refractivity contribution in [3.63, 3.8) is 0 Å². The zero-order chi connectivity index (χ0) is 24.2. The van der Waals surface area contributed by atoms with Crippen LogP contribution in [0, 0.1) is 6.92 Å². The number of hydrogen-bond donors (Lipinski definition) is 1. The summed E-state index contributed by atoms with van der Waals surface area (Å²) in [6.07, 6.45) is 0. The van der Waals surface area contributed by atoms with E-state index in [4.69, 9.17) is 14.6 Å². The van der Waals surface area contributed by atoms with Gasteiger partial charge in [0.15, 0.2) is 0 Å². The van der Waals surface area contributed by atoms with Gasteiger partial charge in [0, 0.05) is 15.7 Å². The topological polar surface area (TPSA) is 78.3 Å². The number of aryl methyl sites for hydroxylation is 1. The van der Waals surface area contributed by atoms with E-state index in [0.29, 0.717) is 34.7 Å². The second kappa shape index (κ2) is 10.7. The van der Waals surface area contributed by atoms with E-state index in [1.807, 2.05) is 37.3 Å². The number of benzene rings is 2. The maximum atomic E-state index is 13.1. The first kappa shape index (κ1) is 24.3. The lowest BCUT2D eigenvalue weighted by molar-refractivity contribution is -0.139. The predicted molar refractivity (Wildman–Crippen MR) is 137 cm³/mol. The fraction of sp³-hybridized carbons (Fsp3) is 0.320. The number of carbonyl (C=O) groups is 1. The molecular weight excluding hydrogens is 516 g/mol. The summed E-state index contributed by atoms with van der Waals surface area (Å²) < 4.78 is 14.4. The highest BCUT2D eigenvalue weighted by Gasteiger charge is 2.37. The predicted octanol–water partition coefficient (Wildman–Crippen LogP) is 5.89. The summed E-state index contributed by atoms with van der Waals surface area (Å²) in [7, 11) is 0. The maximum absolute atomic E-state index is 13.1. The summed E-state index contributed by atoms with van der Waals surface area (Å²) in [5.74, 6) is 1.69. The van der Waals surface area contributed by atoms with Crippen LogP contribution in [-0.2, 0) is 16.1 Å². The molecule has 4 rings (SSSR count). The Hall–Kier alpha value is -2.78. The van der Waals surface area contributed by atoms with Gasteiger partial charge in [0.05, 0.1) is 12.2 Å². The Kier molecular flexibility index (Phi) is 7.63. The molecule has 0 fully saturated rings. The fourth-order valence-corrected chi connectivity index (χ4v) is 4.81. The van der Waals surface area contributed by atoms with Gasteiger partial charge in [0.2, 0.25) is 11.1 Å². The largest absolute Gasteiger partial charge is 0.489 e. The molecule has 3 aromatic rings. The molecule has 0 saturated carbocycles. The number of ether oxygens (including phenoxy) is 2. The van der Waals surface area contributed by atoms with E-state index in [0.717, 1.165) is 26.9 Å². The number of thioether (sulfide) groups is 1. The summed E-state index contributed by atoms with van der Waals surface area (Å²) >= 11 is 5.14. The first-order valence-corrected chi connectivity index (χ1v) is 12.9. The highest BCUT2D eigenvalue weighted by Crippen LogP contribution is 2.41. The van der Waals surface area contributed by atoms with Gasteiger partial charge in [-0.25, -0.2) is 9.48 Å². The van der Waals surface area contributed by atoms with Crippen molar-refractivity contribution in [3.8, 4) is 5.75 Å². The first-order chi connectivity index (χ1) is 16.4. The molecule has 0 bridgehead atoms. The SMILES string of the molecule is CCOC(=O)C1=C(C)Nc2nc(SCC)nn2C1c1cc(Br)ccc1OCc1ccccc1C. The zero-order valence-corrected chi connectivity index (χ0v) is 22.0. The van der Waals surface area contributed by atoms with Crippen molar-refractivity contribution in [1.82, 2.24) is 14.8 Å². The van der Waals surface area contributed by atoms with Crippen LogP contribution in [0.5, 0.6) is 5.75 Å². The molecule has 34 heavy (non-hydrogen) atoms. The van der Waals surface area contributed by atoms with Gasteiger partial charge in [-0.2, -0.15) is 4.98 Å². The number of halogens is 1. The van der Waals surface area contributed by atoms with Crippen LogP contribution in [0.4, 0.5) is 5.95 Å². The number of esters is 1. The number of hydrogen-bond acceptors (Lipinski definition) is 7. The van der Waals surface area contributed by atoms with E-state index < -0.39 is 12.0 Å². The van der Waals surface area contributed by atoms with Crippen LogP contribution in [0.25, 0.3) is 0 Å². The monoisotopic (exact) mass is 542 g/mol. The number of nitrogens with one attached hydrogen (secondary N) is 1. The van der Waals surface area contributed by atoms with Crippen LogP contribution in [0.2, 0.25) is 0 Å². The molecule has 9 heteroatoms. The van der Waals surface area contributed by atoms with Gasteiger partial charge in [-0.15, -0.1) is 5.10 Å². The Morgan fingerprint density at radius 2 is 2.00 bits per heavy atom. The van der Waals surface area contributed by atoms with Crippen molar-refractivity contribution in [2.75, 3.05) is 17.7 Å². The van der Waals surface area contributed by atoms with Crippen molar-refractivity contribution in [2.24, 2.45) is 0 Å². The fourth-order valence-electron chi connectivity index (χ4n) is 3.87. The number of anilines is 1. The molecule has 0 aliphatic carbocycles. The molecule has 2 heterocycles. The molecule has 0 amide bonds. The number of carbonyl (C=O) groups excluding carboxylic acids is 1. The van der Waals surface area contributed by atoms with E-state index in [9.17, 15) is 4.79 Å². The molecule has 0 spiro atoms. The Bertz CT molecular complexity index is 1240. The number of nitrogens with zero attached hydrogens (tertiary/aromatic N) is 3. The van der Waals surface area contributed by atoms with Crippen LogP contribution in [0.1, 0.15) is 43.5 Å². The van der Waals surface area contributed by atoms with Crippen molar-refractivity contribution in [3.05, 3.63) is 74.9 Å². The average Bonchev–Trinajstić information content (AvgIpc) is 3.20. The Labute approximate surface area is 212 Å². The van der Waals surface area contributed by atoms with Crippen molar-refractivity contribution in [1.29, 1.82) is 0 Å². The summed E-state index contributed by atoms with van der Waals surface area (Å²) in [5, 5.41) is 8.60. The Morgan fingerprint density at radius 1 is 1.21 bits per heavy atom. The zero-order valence-electron chi connectivity index (χ0n) is 19.6. The highest BCUT2D eigenvalue weighted by atomic mass is 79.9. The first-order valence-electron chi connectivity index (χ1n) is 11.1. The molecule has 1 aromatic heterocycles. The summed E-state index contributed by atoms with van der Waals surface area (Å²) in [6, 6.07) is 13.4. The lowest BCUT2D eigenvalue weighted by Crippen LogP contribution is -2.30. The molecule has 1 aliphatic rings. The standard InChI is InChI=1S/C25H27BrN4O3S/c1-5-32-23(31)21-16(4)27-24-28-25(34-6-2)29-30(24)22(21)19-13-18(26)11-12-20(19)33-14-17-10-8-7-9-15(17)3/h7-13,22H,5-6,14H2,1-4H3,(H,27,28,29).